The number of aromatic nitrogens is 3. The largest absolute Gasteiger partial charge is 0.478 e. The van der Waals surface area contributed by atoms with E-state index in [0.29, 0.717) is 6.54 Å². The zero-order valence-electron chi connectivity index (χ0n) is 13.3. The first-order chi connectivity index (χ1) is 11.5. The molecule has 1 saturated heterocycles. The third-order valence-electron chi connectivity index (χ3n) is 4.91. The van der Waals surface area contributed by atoms with Crippen molar-refractivity contribution in [1.82, 2.24) is 14.8 Å². The zero-order valence-corrected chi connectivity index (χ0v) is 13.3. The Bertz CT molecular complexity index is 856. The van der Waals surface area contributed by atoms with Crippen LogP contribution in [0.3, 0.4) is 0 Å². The van der Waals surface area contributed by atoms with Gasteiger partial charge in [0.15, 0.2) is 5.69 Å². The fourth-order valence-corrected chi connectivity index (χ4v) is 3.42. The molecule has 0 radical (unpaired) electrons. The van der Waals surface area contributed by atoms with Crippen molar-refractivity contribution in [1.29, 1.82) is 5.26 Å². The van der Waals surface area contributed by atoms with Crippen LogP contribution in [0.5, 0.6) is 0 Å². The van der Waals surface area contributed by atoms with Gasteiger partial charge < -0.3 is 10.0 Å². The van der Waals surface area contributed by atoms with Crippen molar-refractivity contribution >= 4 is 11.8 Å². The fourth-order valence-electron chi connectivity index (χ4n) is 3.42. The molecule has 2 atom stereocenters. The van der Waals surface area contributed by atoms with Gasteiger partial charge in [-0.25, -0.2) is 9.78 Å². The van der Waals surface area contributed by atoms with Crippen molar-refractivity contribution in [2.45, 2.75) is 19.9 Å². The Hall–Kier alpha value is -2.88. The number of carboxylic acids is 1. The average Bonchev–Trinajstić information content (AvgIpc) is 2.98. The first kappa shape index (κ1) is 14.7. The molecule has 4 rings (SSSR count). The van der Waals surface area contributed by atoms with Crippen molar-refractivity contribution in [2.75, 3.05) is 18.0 Å². The lowest BCUT2D eigenvalue weighted by Crippen LogP contribution is -2.23. The van der Waals surface area contributed by atoms with Crippen LogP contribution >= 0.6 is 0 Å². The van der Waals surface area contributed by atoms with E-state index >= 15 is 0 Å². The van der Waals surface area contributed by atoms with E-state index in [1.807, 2.05) is 25.1 Å². The molecule has 0 bridgehead atoms. The van der Waals surface area contributed by atoms with E-state index in [2.05, 4.69) is 10.00 Å². The van der Waals surface area contributed by atoms with Crippen LogP contribution in [0.4, 0.5) is 5.82 Å². The topological polar surface area (TPSA) is 95.0 Å². The highest BCUT2D eigenvalue weighted by molar-refractivity contribution is 5.89. The van der Waals surface area contributed by atoms with Crippen LogP contribution in [0.15, 0.2) is 18.3 Å². The second-order valence-corrected chi connectivity index (χ2v) is 6.58. The molecule has 122 valence electrons. The molecule has 1 saturated carbocycles. The molecule has 0 spiro atoms. The summed E-state index contributed by atoms with van der Waals surface area (Å²) in [4.78, 5) is 18.1. The second-order valence-electron chi connectivity index (χ2n) is 6.58. The van der Waals surface area contributed by atoms with Gasteiger partial charge in [-0.2, -0.15) is 10.4 Å². The molecule has 7 nitrogen and oxygen atoms in total. The van der Waals surface area contributed by atoms with Crippen molar-refractivity contribution < 1.29 is 9.90 Å². The Morgan fingerprint density at radius 3 is 2.75 bits per heavy atom. The quantitative estimate of drug-likeness (QED) is 0.919. The van der Waals surface area contributed by atoms with Gasteiger partial charge in [-0.05, 0) is 36.8 Å². The molecule has 0 amide bonds. The number of hydrogen-bond acceptors (Lipinski definition) is 5. The third-order valence-corrected chi connectivity index (χ3v) is 4.91. The van der Waals surface area contributed by atoms with Gasteiger partial charge >= 0.3 is 5.97 Å². The molecule has 2 aromatic rings. The van der Waals surface area contributed by atoms with Gasteiger partial charge in [-0.1, -0.05) is 6.07 Å². The van der Waals surface area contributed by atoms with Crippen LogP contribution in [0.25, 0.3) is 0 Å². The van der Waals surface area contributed by atoms with Gasteiger partial charge in [0.2, 0.25) is 0 Å². The Morgan fingerprint density at radius 1 is 1.42 bits per heavy atom. The molecule has 24 heavy (non-hydrogen) atoms. The number of fused-ring (bicyclic) bond motifs is 1. The predicted octanol–water partition coefficient (Wildman–Crippen LogP) is 1.66. The number of aryl methyl sites for hydroxylation is 1. The summed E-state index contributed by atoms with van der Waals surface area (Å²) in [6.45, 7) is 4.54. The van der Waals surface area contributed by atoms with Gasteiger partial charge in [0.25, 0.3) is 0 Å². The van der Waals surface area contributed by atoms with Crippen LogP contribution in [0.2, 0.25) is 0 Å². The Labute approximate surface area is 139 Å². The van der Waals surface area contributed by atoms with Gasteiger partial charge in [0.05, 0.1) is 6.54 Å². The Morgan fingerprint density at radius 2 is 2.17 bits per heavy atom. The van der Waals surface area contributed by atoms with Crippen LogP contribution in [-0.4, -0.2) is 38.9 Å². The van der Waals surface area contributed by atoms with Crippen molar-refractivity contribution in [3.63, 3.8) is 0 Å². The Balaban J connectivity index is 1.54. The predicted molar refractivity (Wildman–Crippen MR) is 85.8 cm³/mol. The van der Waals surface area contributed by atoms with E-state index in [9.17, 15) is 4.79 Å². The maximum atomic E-state index is 11.1. The van der Waals surface area contributed by atoms with E-state index in [0.717, 1.165) is 42.0 Å². The van der Waals surface area contributed by atoms with Crippen LogP contribution in [0, 0.1) is 30.1 Å². The Kier molecular flexibility index (Phi) is 3.27. The maximum Gasteiger partial charge on any atom is 0.340 e. The molecule has 3 heterocycles. The van der Waals surface area contributed by atoms with Gasteiger partial charge in [-0.15, -0.1) is 0 Å². The zero-order chi connectivity index (χ0) is 16.8. The summed E-state index contributed by atoms with van der Waals surface area (Å²) in [7, 11) is 0. The minimum atomic E-state index is -1.14. The minimum Gasteiger partial charge on any atom is -0.478 e. The van der Waals surface area contributed by atoms with E-state index in [1.54, 1.807) is 0 Å². The number of nitrogens with zero attached hydrogens (tertiary/aromatic N) is 5. The van der Waals surface area contributed by atoms with E-state index < -0.39 is 5.97 Å². The normalized spacial score (nSPS) is 21.4. The summed E-state index contributed by atoms with van der Waals surface area (Å²) >= 11 is 0. The van der Waals surface area contributed by atoms with E-state index in [1.165, 1.54) is 17.3 Å². The number of piperidine rings is 1. The van der Waals surface area contributed by atoms with Crippen LogP contribution < -0.4 is 4.90 Å². The summed E-state index contributed by atoms with van der Waals surface area (Å²) in [6, 6.07) is 5.84. The van der Waals surface area contributed by atoms with E-state index in [4.69, 9.17) is 15.4 Å². The van der Waals surface area contributed by atoms with Crippen molar-refractivity contribution in [3.8, 4) is 6.07 Å². The molecule has 1 aliphatic heterocycles. The lowest BCUT2D eigenvalue weighted by molar-refractivity contribution is 0.0696. The van der Waals surface area contributed by atoms with Gasteiger partial charge in [0.1, 0.15) is 17.5 Å². The van der Waals surface area contributed by atoms with Gasteiger partial charge in [-0.3, -0.25) is 4.68 Å². The highest BCUT2D eigenvalue weighted by atomic mass is 16.4. The number of anilines is 1. The maximum absolute atomic E-state index is 11.1. The molecule has 0 aromatic carbocycles. The molecular formula is C17H17N5O2. The molecule has 2 unspecified atom stereocenters. The van der Waals surface area contributed by atoms with Gasteiger partial charge in [0, 0.05) is 25.0 Å². The SMILES string of the molecule is Cc1nc(N2CC3CC3C2)ccc1Cn1cc(C(=O)O)c(C#N)n1. The van der Waals surface area contributed by atoms with Crippen molar-refractivity contribution in [2.24, 2.45) is 11.8 Å². The summed E-state index contributed by atoms with van der Waals surface area (Å²) < 4.78 is 1.48. The fraction of sp³-hybridized carbons (Fsp3) is 0.412. The smallest absolute Gasteiger partial charge is 0.340 e. The number of aromatic carboxylic acids is 1. The number of carboxylic acid groups (broad SMARTS) is 1. The first-order valence-electron chi connectivity index (χ1n) is 7.97. The lowest BCUT2D eigenvalue weighted by atomic mass is 10.2. The lowest BCUT2D eigenvalue weighted by Gasteiger charge is -2.20. The van der Waals surface area contributed by atoms with E-state index in [-0.39, 0.29) is 11.3 Å². The number of rotatable bonds is 4. The minimum absolute atomic E-state index is 0.0685. The second kappa shape index (κ2) is 5.34. The van der Waals surface area contributed by atoms with Crippen LogP contribution in [0.1, 0.15) is 33.7 Å². The number of hydrogen-bond donors (Lipinski definition) is 1. The molecule has 2 aliphatic rings. The monoisotopic (exact) mass is 323 g/mol. The van der Waals surface area contributed by atoms with Crippen LogP contribution in [-0.2, 0) is 6.54 Å². The summed E-state index contributed by atoms with van der Waals surface area (Å²) in [5.41, 5.74) is 1.73. The first-order valence-corrected chi connectivity index (χ1v) is 7.97. The average molecular weight is 323 g/mol. The molecule has 1 aliphatic carbocycles. The molecule has 7 heteroatoms. The highest BCUT2D eigenvalue weighted by Gasteiger charge is 2.45. The van der Waals surface area contributed by atoms with Crippen molar-refractivity contribution in [3.05, 3.63) is 40.8 Å². The number of pyridine rings is 1. The standard InChI is InChI=1S/C17H17N5O2/c1-10-11(8-22-9-14(17(23)24)15(5-18)20-22)2-3-16(19-10)21-6-12-4-13(12)7-21/h2-3,9,12-13H,4,6-8H2,1H3,(H,23,24). The molecule has 2 aromatic heterocycles. The molecular weight excluding hydrogens is 306 g/mol. The number of carbonyl (C=O) groups is 1. The summed E-state index contributed by atoms with van der Waals surface area (Å²) in [5.74, 6) is 1.58. The molecule has 2 fully saturated rings. The summed E-state index contributed by atoms with van der Waals surface area (Å²) in [5, 5.41) is 22.1. The third kappa shape index (κ3) is 2.50. The summed E-state index contributed by atoms with van der Waals surface area (Å²) in [6.07, 6.45) is 2.75. The molecule has 1 N–H and O–H groups in total. The number of nitriles is 1. The highest BCUT2D eigenvalue weighted by Crippen LogP contribution is 2.45.